The molecule has 0 bridgehead atoms. The highest BCUT2D eigenvalue weighted by molar-refractivity contribution is 7.91. The Morgan fingerprint density at radius 1 is 1.26 bits per heavy atom. The SMILES string of the molecule is O=C(NC[C@@H]1CCS(=O)(=O)C1)c1cccc(CN2CCCC2)c1. The van der Waals surface area contributed by atoms with E-state index < -0.39 is 9.84 Å². The number of nitrogens with one attached hydrogen (secondary N) is 1. The maximum absolute atomic E-state index is 12.3. The van der Waals surface area contributed by atoms with E-state index in [2.05, 4.69) is 16.3 Å². The van der Waals surface area contributed by atoms with Gasteiger partial charge < -0.3 is 5.32 Å². The molecule has 1 amide bonds. The van der Waals surface area contributed by atoms with E-state index in [1.807, 2.05) is 18.2 Å². The molecule has 0 spiro atoms. The van der Waals surface area contributed by atoms with Gasteiger partial charge in [0.1, 0.15) is 0 Å². The number of amides is 1. The Bertz CT molecular complexity index is 666. The fourth-order valence-electron chi connectivity index (χ4n) is 3.38. The van der Waals surface area contributed by atoms with Crippen LogP contribution in [0.3, 0.4) is 0 Å². The van der Waals surface area contributed by atoms with Gasteiger partial charge >= 0.3 is 0 Å². The first-order valence-electron chi connectivity index (χ1n) is 8.32. The molecule has 1 aromatic rings. The molecule has 3 rings (SSSR count). The Morgan fingerprint density at radius 2 is 2.04 bits per heavy atom. The molecule has 0 unspecified atom stereocenters. The van der Waals surface area contributed by atoms with E-state index in [1.165, 1.54) is 12.8 Å². The Balaban J connectivity index is 1.54. The van der Waals surface area contributed by atoms with Gasteiger partial charge in [-0.25, -0.2) is 8.42 Å². The van der Waals surface area contributed by atoms with Gasteiger partial charge in [0, 0.05) is 18.7 Å². The number of carbonyl (C=O) groups is 1. The van der Waals surface area contributed by atoms with E-state index in [-0.39, 0.29) is 23.3 Å². The molecular formula is C17H24N2O3S. The van der Waals surface area contributed by atoms with Gasteiger partial charge in [-0.2, -0.15) is 0 Å². The molecule has 1 aromatic carbocycles. The van der Waals surface area contributed by atoms with Crippen LogP contribution < -0.4 is 5.32 Å². The lowest BCUT2D eigenvalue weighted by molar-refractivity contribution is 0.0948. The molecule has 126 valence electrons. The van der Waals surface area contributed by atoms with Crippen LogP contribution in [0, 0.1) is 5.92 Å². The number of benzene rings is 1. The minimum Gasteiger partial charge on any atom is -0.352 e. The molecule has 2 fully saturated rings. The standard InChI is InChI=1S/C17H24N2O3S/c20-17(18-11-15-6-9-23(21,22)13-15)16-5-3-4-14(10-16)12-19-7-1-2-8-19/h3-5,10,15H,1-2,6-9,11-13H2,(H,18,20)/t15-/m0/s1. The largest absolute Gasteiger partial charge is 0.352 e. The monoisotopic (exact) mass is 336 g/mol. The summed E-state index contributed by atoms with van der Waals surface area (Å²) in [7, 11) is -2.88. The molecule has 2 saturated heterocycles. The van der Waals surface area contributed by atoms with Crippen molar-refractivity contribution in [2.24, 2.45) is 5.92 Å². The van der Waals surface area contributed by atoms with Crippen LogP contribution in [0.2, 0.25) is 0 Å². The van der Waals surface area contributed by atoms with Gasteiger partial charge in [0.2, 0.25) is 0 Å². The van der Waals surface area contributed by atoms with Gasteiger partial charge in [-0.15, -0.1) is 0 Å². The van der Waals surface area contributed by atoms with Gasteiger partial charge in [-0.3, -0.25) is 9.69 Å². The highest BCUT2D eigenvalue weighted by Gasteiger charge is 2.28. The number of carbonyl (C=O) groups excluding carboxylic acids is 1. The highest BCUT2D eigenvalue weighted by atomic mass is 32.2. The average molecular weight is 336 g/mol. The predicted molar refractivity (Wildman–Crippen MR) is 90.0 cm³/mol. The molecule has 1 N–H and O–H groups in total. The molecule has 2 aliphatic rings. The Labute approximate surface area is 138 Å². The highest BCUT2D eigenvalue weighted by Crippen LogP contribution is 2.18. The zero-order valence-electron chi connectivity index (χ0n) is 13.3. The van der Waals surface area contributed by atoms with E-state index in [4.69, 9.17) is 0 Å². The van der Waals surface area contributed by atoms with Crippen LogP contribution in [0.4, 0.5) is 0 Å². The van der Waals surface area contributed by atoms with Gasteiger partial charge in [0.25, 0.3) is 5.91 Å². The molecule has 1 atom stereocenters. The maximum atomic E-state index is 12.3. The molecule has 23 heavy (non-hydrogen) atoms. The zero-order valence-corrected chi connectivity index (χ0v) is 14.1. The van der Waals surface area contributed by atoms with E-state index in [1.54, 1.807) is 0 Å². The Kier molecular flexibility index (Phi) is 5.02. The number of nitrogens with zero attached hydrogens (tertiary/aromatic N) is 1. The summed E-state index contributed by atoms with van der Waals surface area (Å²) in [6, 6.07) is 7.73. The summed E-state index contributed by atoms with van der Waals surface area (Å²) >= 11 is 0. The van der Waals surface area contributed by atoms with E-state index >= 15 is 0 Å². The fourth-order valence-corrected chi connectivity index (χ4v) is 5.24. The molecule has 0 aliphatic carbocycles. The lowest BCUT2D eigenvalue weighted by Gasteiger charge is -2.15. The summed E-state index contributed by atoms with van der Waals surface area (Å²) in [6.07, 6.45) is 3.16. The van der Waals surface area contributed by atoms with Gasteiger partial charge in [-0.05, 0) is 56.0 Å². The van der Waals surface area contributed by atoms with Crippen molar-refractivity contribution in [3.8, 4) is 0 Å². The van der Waals surface area contributed by atoms with Crippen LogP contribution in [0.15, 0.2) is 24.3 Å². The predicted octanol–water partition coefficient (Wildman–Crippen LogP) is 1.45. The minimum absolute atomic E-state index is 0.0525. The molecule has 2 heterocycles. The van der Waals surface area contributed by atoms with Crippen LogP contribution in [-0.2, 0) is 16.4 Å². The molecular weight excluding hydrogens is 312 g/mol. The van der Waals surface area contributed by atoms with Gasteiger partial charge in [0.15, 0.2) is 9.84 Å². The van der Waals surface area contributed by atoms with Gasteiger partial charge in [-0.1, -0.05) is 12.1 Å². The van der Waals surface area contributed by atoms with Crippen LogP contribution >= 0.6 is 0 Å². The zero-order chi connectivity index (χ0) is 16.3. The number of sulfone groups is 1. The molecule has 0 radical (unpaired) electrons. The lowest BCUT2D eigenvalue weighted by Crippen LogP contribution is -2.30. The number of hydrogen-bond donors (Lipinski definition) is 1. The van der Waals surface area contributed by atoms with E-state index in [0.29, 0.717) is 18.5 Å². The van der Waals surface area contributed by atoms with Crippen molar-refractivity contribution in [3.63, 3.8) is 0 Å². The second kappa shape index (κ2) is 7.01. The summed E-state index contributed by atoms with van der Waals surface area (Å²) < 4.78 is 22.9. The van der Waals surface area contributed by atoms with E-state index in [9.17, 15) is 13.2 Å². The topological polar surface area (TPSA) is 66.5 Å². The fraction of sp³-hybridized carbons (Fsp3) is 0.588. The Morgan fingerprint density at radius 3 is 2.74 bits per heavy atom. The molecule has 0 saturated carbocycles. The number of likely N-dealkylation sites (tertiary alicyclic amines) is 1. The quantitative estimate of drug-likeness (QED) is 0.884. The van der Waals surface area contributed by atoms with Gasteiger partial charge in [0.05, 0.1) is 11.5 Å². The first-order chi connectivity index (χ1) is 11.0. The normalized spacial score (nSPS) is 23.9. The maximum Gasteiger partial charge on any atom is 0.251 e. The molecule has 5 nitrogen and oxygen atoms in total. The summed E-state index contributed by atoms with van der Waals surface area (Å²) in [5.74, 6) is 0.385. The van der Waals surface area contributed by atoms with Crippen LogP contribution in [0.5, 0.6) is 0 Å². The second-order valence-corrected chi connectivity index (χ2v) is 8.89. The number of hydrogen-bond acceptors (Lipinski definition) is 4. The lowest BCUT2D eigenvalue weighted by atomic mass is 10.1. The summed E-state index contributed by atoms with van der Waals surface area (Å²) in [5, 5.41) is 2.88. The summed E-state index contributed by atoms with van der Waals surface area (Å²) in [4.78, 5) is 14.7. The number of rotatable bonds is 5. The average Bonchev–Trinajstić information content (AvgIpc) is 3.14. The van der Waals surface area contributed by atoms with Crippen LogP contribution in [-0.4, -0.2) is 50.4 Å². The first kappa shape index (κ1) is 16.5. The molecule has 0 aromatic heterocycles. The third-order valence-corrected chi connectivity index (χ3v) is 6.51. The second-order valence-electron chi connectivity index (χ2n) is 6.66. The minimum atomic E-state index is -2.88. The van der Waals surface area contributed by atoms with Crippen molar-refractivity contribution in [1.82, 2.24) is 10.2 Å². The smallest absolute Gasteiger partial charge is 0.251 e. The molecule has 6 heteroatoms. The van der Waals surface area contributed by atoms with Crippen molar-refractivity contribution >= 4 is 15.7 Å². The summed E-state index contributed by atoms with van der Waals surface area (Å²) in [5.41, 5.74) is 1.81. The van der Waals surface area contributed by atoms with Crippen LogP contribution in [0.1, 0.15) is 35.2 Å². The van der Waals surface area contributed by atoms with Crippen molar-refractivity contribution in [3.05, 3.63) is 35.4 Å². The van der Waals surface area contributed by atoms with Crippen molar-refractivity contribution in [1.29, 1.82) is 0 Å². The molecule has 2 aliphatic heterocycles. The van der Waals surface area contributed by atoms with Crippen LogP contribution in [0.25, 0.3) is 0 Å². The third-order valence-electron chi connectivity index (χ3n) is 4.67. The Hall–Kier alpha value is -1.40. The first-order valence-corrected chi connectivity index (χ1v) is 10.1. The van der Waals surface area contributed by atoms with Crippen molar-refractivity contribution < 1.29 is 13.2 Å². The van der Waals surface area contributed by atoms with Crippen molar-refractivity contribution in [2.75, 3.05) is 31.1 Å². The third kappa shape index (κ3) is 4.54. The van der Waals surface area contributed by atoms with Crippen molar-refractivity contribution in [2.45, 2.75) is 25.8 Å². The van der Waals surface area contributed by atoms with E-state index in [0.717, 1.165) is 25.2 Å². The summed E-state index contributed by atoms with van der Waals surface area (Å²) in [6.45, 7) is 3.59.